The van der Waals surface area contributed by atoms with Crippen LogP contribution in [0.2, 0.25) is 0 Å². The zero-order chi connectivity index (χ0) is 18.7. The number of hydrogen-bond donors (Lipinski definition) is 2. The van der Waals surface area contributed by atoms with Crippen molar-refractivity contribution in [2.75, 3.05) is 5.43 Å². The quantitative estimate of drug-likeness (QED) is 0.431. The molecule has 0 unspecified atom stereocenters. The van der Waals surface area contributed by atoms with Crippen molar-refractivity contribution >= 4 is 44.1 Å². The first-order chi connectivity index (χ1) is 12.5. The summed E-state index contributed by atoms with van der Waals surface area (Å²) in [6.45, 7) is 4.53. The monoisotopic (exact) mass is 496 g/mol. The van der Waals surface area contributed by atoms with Gasteiger partial charge in [-0.05, 0) is 54.1 Å². The van der Waals surface area contributed by atoms with Gasteiger partial charge in [0.2, 0.25) is 4.77 Å². The first-order valence-corrected chi connectivity index (χ1v) is 10.1. The fourth-order valence-electron chi connectivity index (χ4n) is 2.50. The molecule has 1 heterocycles. The summed E-state index contributed by atoms with van der Waals surface area (Å²) in [5.41, 5.74) is 5.32. The second-order valence-electron chi connectivity index (χ2n) is 5.93. The number of aromatic amines is 1. The van der Waals surface area contributed by atoms with Crippen LogP contribution in [0, 0.1) is 4.77 Å². The van der Waals surface area contributed by atoms with Crippen LogP contribution in [-0.4, -0.2) is 21.0 Å². The zero-order valence-corrected chi connectivity index (χ0v) is 18.3. The highest BCUT2D eigenvalue weighted by molar-refractivity contribution is 9.11. The van der Waals surface area contributed by atoms with Gasteiger partial charge in [-0.15, -0.1) is 0 Å². The van der Waals surface area contributed by atoms with Crippen LogP contribution in [0.3, 0.4) is 0 Å². The van der Waals surface area contributed by atoms with Gasteiger partial charge in [0.25, 0.3) is 0 Å². The van der Waals surface area contributed by atoms with Crippen LogP contribution in [-0.2, 0) is 6.54 Å². The Kier molecular flexibility index (Phi) is 6.16. The molecule has 1 aromatic heterocycles. The van der Waals surface area contributed by atoms with Crippen LogP contribution in [0.1, 0.15) is 19.4 Å². The maximum Gasteiger partial charge on any atom is 0.214 e. The van der Waals surface area contributed by atoms with Gasteiger partial charge in [0.1, 0.15) is 5.75 Å². The van der Waals surface area contributed by atoms with Crippen LogP contribution in [0.4, 0.5) is 0 Å². The molecule has 26 heavy (non-hydrogen) atoms. The molecule has 0 aliphatic heterocycles. The SMILES string of the molecule is CC(C)Oc1c(Br)cc(Br)cc1CNn1c(-c2ccccc2)n[nH]c1=S. The highest BCUT2D eigenvalue weighted by atomic mass is 79.9. The van der Waals surface area contributed by atoms with E-state index in [-0.39, 0.29) is 6.10 Å². The summed E-state index contributed by atoms with van der Waals surface area (Å²) < 4.78 is 10.1. The summed E-state index contributed by atoms with van der Waals surface area (Å²) in [6, 6.07) is 13.9. The van der Waals surface area contributed by atoms with Crippen LogP contribution in [0.5, 0.6) is 5.75 Å². The van der Waals surface area contributed by atoms with E-state index in [9.17, 15) is 0 Å². The van der Waals surface area contributed by atoms with Crippen LogP contribution < -0.4 is 10.2 Å². The minimum atomic E-state index is 0.0715. The average molecular weight is 498 g/mol. The zero-order valence-electron chi connectivity index (χ0n) is 14.3. The highest BCUT2D eigenvalue weighted by Crippen LogP contribution is 2.34. The number of hydrogen-bond acceptors (Lipinski definition) is 4. The fourth-order valence-corrected chi connectivity index (χ4v) is 4.11. The Labute approximate surface area is 174 Å². The van der Waals surface area contributed by atoms with E-state index in [4.69, 9.17) is 17.0 Å². The molecule has 3 aromatic rings. The molecule has 5 nitrogen and oxygen atoms in total. The van der Waals surface area contributed by atoms with Crippen molar-refractivity contribution in [2.24, 2.45) is 0 Å². The van der Waals surface area contributed by atoms with Crippen molar-refractivity contribution in [1.82, 2.24) is 14.9 Å². The summed E-state index contributed by atoms with van der Waals surface area (Å²) in [5, 5.41) is 7.18. The number of rotatable bonds is 6. The fraction of sp³-hybridized carbons (Fsp3) is 0.222. The van der Waals surface area contributed by atoms with Gasteiger partial charge in [-0.2, -0.15) is 5.10 Å². The summed E-state index contributed by atoms with van der Waals surface area (Å²) in [7, 11) is 0. The van der Waals surface area contributed by atoms with E-state index in [1.54, 1.807) is 4.68 Å². The Hall–Kier alpha value is -1.64. The Bertz CT molecular complexity index is 954. The van der Waals surface area contributed by atoms with E-state index in [1.165, 1.54) is 0 Å². The molecule has 3 rings (SSSR count). The number of ether oxygens (including phenoxy) is 1. The highest BCUT2D eigenvalue weighted by Gasteiger charge is 2.14. The molecule has 0 radical (unpaired) electrons. The minimum Gasteiger partial charge on any atom is -0.489 e. The molecule has 0 aliphatic rings. The summed E-state index contributed by atoms with van der Waals surface area (Å²) in [6.07, 6.45) is 0.0715. The van der Waals surface area contributed by atoms with Crippen molar-refractivity contribution in [3.63, 3.8) is 0 Å². The third-order valence-electron chi connectivity index (χ3n) is 3.57. The van der Waals surface area contributed by atoms with Gasteiger partial charge in [0.05, 0.1) is 17.1 Å². The van der Waals surface area contributed by atoms with Gasteiger partial charge in [-0.1, -0.05) is 46.3 Å². The number of aromatic nitrogens is 3. The molecule has 136 valence electrons. The third kappa shape index (κ3) is 4.36. The number of nitrogens with one attached hydrogen (secondary N) is 2. The molecular weight excluding hydrogens is 480 g/mol. The van der Waals surface area contributed by atoms with Crippen molar-refractivity contribution in [2.45, 2.75) is 26.5 Å². The molecule has 0 saturated heterocycles. The van der Waals surface area contributed by atoms with Crippen LogP contribution in [0.25, 0.3) is 11.4 Å². The van der Waals surface area contributed by atoms with E-state index in [1.807, 2.05) is 56.3 Å². The second-order valence-corrected chi connectivity index (χ2v) is 8.09. The lowest BCUT2D eigenvalue weighted by Crippen LogP contribution is -2.17. The van der Waals surface area contributed by atoms with E-state index >= 15 is 0 Å². The molecule has 0 aliphatic carbocycles. The van der Waals surface area contributed by atoms with Gasteiger partial charge in [0, 0.05) is 15.6 Å². The maximum atomic E-state index is 5.98. The first kappa shape index (κ1) is 19.1. The minimum absolute atomic E-state index is 0.0715. The Morgan fingerprint density at radius 1 is 1.23 bits per heavy atom. The Morgan fingerprint density at radius 3 is 2.65 bits per heavy atom. The number of nitrogens with zero attached hydrogens (tertiary/aromatic N) is 2. The maximum absolute atomic E-state index is 5.98. The molecule has 0 fully saturated rings. The van der Waals surface area contributed by atoms with E-state index in [0.717, 1.165) is 31.6 Å². The van der Waals surface area contributed by atoms with E-state index in [0.29, 0.717) is 11.3 Å². The summed E-state index contributed by atoms with van der Waals surface area (Å²) in [4.78, 5) is 0. The normalized spacial score (nSPS) is 11.0. The molecule has 0 bridgehead atoms. The third-order valence-corrected chi connectivity index (χ3v) is 4.89. The molecule has 8 heteroatoms. The van der Waals surface area contributed by atoms with Crippen LogP contribution in [0.15, 0.2) is 51.4 Å². The van der Waals surface area contributed by atoms with Crippen molar-refractivity contribution in [1.29, 1.82) is 0 Å². The summed E-state index contributed by atoms with van der Waals surface area (Å²) in [5.74, 6) is 1.54. The standard InChI is InChI=1S/C18H18Br2N4OS/c1-11(2)25-16-13(8-14(19)9-15(16)20)10-21-24-17(22-23-18(24)26)12-6-4-3-5-7-12/h3-9,11,21H,10H2,1-2H3,(H,23,26). The van der Waals surface area contributed by atoms with Crippen molar-refractivity contribution < 1.29 is 4.74 Å². The summed E-state index contributed by atoms with van der Waals surface area (Å²) >= 11 is 12.5. The topological polar surface area (TPSA) is 54.9 Å². The van der Waals surface area contributed by atoms with Crippen molar-refractivity contribution in [3.8, 4) is 17.1 Å². The molecule has 0 spiro atoms. The lowest BCUT2D eigenvalue weighted by molar-refractivity contribution is 0.238. The lowest BCUT2D eigenvalue weighted by atomic mass is 10.2. The molecule has 0 saturated carbocycles. The van der Waals surface area contributed by atoms with E-state index < -0.39 is 0 Å². The average Bonchev–Trinajstić information content (AvgIpc) is 2.97. The van der Waals surface area contributed by atoms with Gasteiger partial charge >= 0.3 is 0 Å². The van der Waals surface area contributed by atoms with Gasteiger partial charge in [0.15, 0.2) is 5.82 Å². The molecule has 0 atom stereocenters. The predicted octanol–water partition coefficient (Wildman–Crippen LogP) is 5.66. The first-order valence-electron chi connectivity index (χ1n) is 8.07. The Morgan fingerprint density at radius 2 is 1.96 bits per heavy atom. The van der Waals surface area contributed by atoms with Crippen LogP contribution >= 0.6 is 44.1 Å². The van der Waals surface area contributed by atoms with Crippen molar-refractivity contribution in [3.05, 3.63) is 61.7 Å². The molecule has 2 N–H and O–H groups in total. The lowest BCUT2D eigenvalue weighted by Gasteiger charge is -2.18. The van der Waals surface area contributed by atoms with E-state index in [2.05, 4.69) is 47.5 Å². The largest absolute Gasteiger partial charge is 0.489 e. The second kappa shape index (κ2) is 8.37. The van der Waals surface area contributed by atoms with Gasteiger partial charge < -0.3 is 10.2 Å². The molecule has 2 aromatic carbocycles. The smallest absolute Gasteiger partial charge is 0.214 e. The van der Waals surface area contributed by atoms with Gasteiger partial charge in [-0.25, -0.2) is 9.77 Å². The van der Waals surface area contributed by atoms with Gasteiger partial charge in [-0.3, -0.25) is 0 Å². The molecular formula is C18H18Br2N4OS. The number of benzene rings is 2. The Balaban J connectivity index is 1.91. The predicted molar refractivity (Wildman–Crippen MR) is 114 cm³/mol. The molecule has 0 amide bonds. The number of halogens is 2. The number of H-pyrrole nitrogens is 1.